The van der Waals surface area contributed by atoms with Gasteiger partial charge in [-0.05, 0) is 43.5 Å². The van der Waals surface area contributed by atoms with Crippen molar-refractivity contribution in [3.8, 4) is 0 Å². The molecule has 0 heterocycles. The first-order valence-corrected chi connectivity index (χ1v) is 7.10. The Morgan fingerprint density at radius 2 is 1.86 bits per heavy atom. The monoisotopic (exact) mass is 292 g/mol. The van der Waals surface area contributed by atoms with Crippen molar-refractivity contribution in [2.24, 2.45) is 5.92 Å². The third-order valence-electron chi connectivity index (χ3n) is 2.85. The molecule has 1 aromatic rings. The summed E-state index contributed by atoms with van der Waals surface area (Å²) in [5, 5.41) is 5.54. The lowest BCUT2D eigenvalue weighted by Crippen LogP contribution is -2.29. The summed E-state index contributed by atoms with van der Waals surface area (Å²) in [6, 6.07) is 5.34. The lowest BCUT2D eigenvalue weighted by molar-refractivity contribution is -0.127. The van der Waals surface area contributed by atoms with Crippen molar-refractivity contribution in [1.82, 2.24) is 0 Å². The van der Waals surface area contributed by atoms with Gasteiger partial charge in [-0.2, -0.15) is 0 Å². The van der Waals surface area contributed by atoms with Gasteiger partial charge in [0.25, 0.3) is 5.91 Å². The van der Waals surface area contributed by atoms with Gasteiger partial charge in [0.05, 0.1) is 0 Å². The highest BCUT2D eigenvalue weighted by molar-refractivity contribution is 5.95. The van der Waals surface area contributed by atoms with Gasteiger partial charge in [-0.1, -0.05) is 13.8 Å². The van der Waals surface area contributed by atoms with Crippen molar-refractivity contribution in [1.29, 1.82) is 0 Å². The predicted octanol–water partition coefficient (Wildman–Crippen LogP) is 2.95. The summed E-state index contributed by atoms with van der Waals surface area (Å²) < 4.78 is 5.47. The molecule has 0 bridgehead atoms. The summed E-state index contributed by atoms with van der Waals surface area (Å²) in [6.45, 7) is 9.69. The molecule has 2 amide bonds. The van der Waals surface area contributed by atoms with Gasteiger partial charge in [0.15, 0.2) is 0 Å². The molecule has 116 valence electrons. The lowest BCUT2D eigenvalue weighted by atomic mass is 10.1. The summed E-state index contributed by atoms with van der Waals surface area (Å²) in [6.07, 6.45) is -0.497. The molecule has 5 nitrogen and oxygen atoms in total. The summed E-state index contributed by atoms with van der Waals surface area (Å²) in [7, 11) is 0. The van der Waals surface area contributed by atoms with E-state index in [4.69, 9.17) is 4.74 Å². The zero-order valence-corrected chi connectivity index (χ0v) is 13.3. The van der Waals surface area contributed by atoms with E-state index in [0.29, 0.717) is 18.2 Å². The van der Waals surface area contributed by atoms with Crippen molar-refractivity contribution in [3.05, 3.63) is 23.8 Å². The van der Waals surface area contributed by atoms with Crippen LogP contribution in [0, 0.1) is 12.8 Å². The second-order valence-electron chi connectivity index (χ2n) is 5.57. The number of aryl methyl sites for hydroxylation is 1. The first kappa shape index (κ1) is 17.2. The lowest BCUT2D eigenvalue weighted by Gasteiger charge is -2.15. The Bertz CT molecular complexity index is 512. The molecule has 0 aliphatic carbocycles. The van der Waals surface area contributed by atoms with Crippen LogP contribution < -0.4 is 10.6 Å². The summed E-state index contributed by atoms with van der Waals surface area (Å²) in [5.41, 5.74) is 2.31. The Kier molecular flexibility index (Phi) is 6.37. The Morgan fingerprint density at radius 3 is 2.38 bits per heavy atom. The molecule has 1 rings (SSSR count). The van der Waals surface area contributed by atoms with Gasteiger partial charge < -0.3 is 15.4 Å². The Hall–Kier alpha value is -1.88. The Balaban J connectivity index is 2.64. The minimum absolute atomic E-state index is 0.120. The van der Waals surface area contributed by atoms with E-state index >= 15 is 0 Å². The van der Waals surface area contributed by atoms with Gasteiger partial charge >= 0.3 is 0 Å². The van der Waals surface area contributed by atoms with Crippen molar-refractivity contribution >= 4 is 23.2 Å². The minimum Gasteiger partial charge on any atom is -0.368 e. The summed E-state index contributed by atoms with van der Waals surface area (Å²) in [5.74, 6) is 0.0901. The number of hydrogen-bond acceptors (Lipinski definition) is 3. The van der Waals surface area contributed by atoms with E-state index in [1.165, 1.54) is 6.92 Å². The highest BCUT2D eigenvalue weighted by atomic mass is 16.5. The van der Waals surface area contributed by atoms with Gasteiger partial charge in [0.1, 0.15) is 6.10 Å². The van der Waals surface area contributed by atoms with Gasteiger partial charge in [0, 0.05) is 24.9 Å². The maximum atomic E-state index is 12.0. The van der Waals surface area contributed by atoms with Crippen LogP contribution >= 0.6 is 0 Å². The number of benzene rings is 1. The van der Waals surface area contributed by atoms with Crippen LogP contribution in [0.2, 0.25) is 0 Å². The van der Waals surface area contributed by atoms with E-state index in [1.54, 1.807) is 19.1 Å². The van der Waals surface area contributed by atoms with Crippen LogP contribution in [0.1, 0.15) is 33.3 Å². The average molecular weight is 292 g/mol. The molecule has 0 fully saturated rings. The smallest absolute Gasteiger partial charge is 0.253 e. The van der Waals surface area contributed by atoms with E-state index in [2.05, 4.69) is 10.6 Å². The van der Waals surface area contributed by atoms with Crippen molar-refractivity contribution in [3.63, 3.8) is 0 Å². The molecule has 1 atom stereocenters. The molecule has 0 aliphatic heterocycles. The van der Waals surface area contributed by atoms with E-state index in [0.717, 1.165) is 11.3 Å². The van der Waals surface area contributed by atoms with Crippen molar-refractivity contribution in [2.45, 2.75) is 40.7 Å². The number of anilines is 2. The maximum Gasteiger partial charge on any atom is 0.253 e. The third-order valence-corrected chi connectivity index (χ3v) is 2.85. The van der Waals surface area contributed by atoms with E-state index < -0.39 is 6.10 Å². The number of carbonyl (C=O) groups excluding carboxylic acids is 2. The molecule has 5 heteroatoms. The fourth-order valence-corrected chi connectivity index (χ4v) is 1.73. The Morgan fingerprint density at radius 1 is 1.19 bits per heavy atom. The summed E-state index contributed by atoms with van der Waals surface area (Å²) in [4.78, 5) is 23.0. The standard InChI is InChI=1S/C16H24N2O3/c1-10(2)9-21-12(4)16(20)18-14-6-7-15(11(3)8-14)17-13(5)19/h6-8,10,12H,9H2,1-5H3,(H,17,19)(H,18,20)/t12-/m1/s1. The molecule has 0 aromatic heterocycles. The highest BCUT2D eigenvalue weighted by Gasteiger charge is 2.14. The quantitative estimate of drug-likeness (QED) is 0.847. The normalized spacial score (nSPS) is 12.1. The molecule has 0 saturated carbocycles. The molecule has 1 aromatic carbocycles. The van der Waals surface area contributed by atoms with E-state index in [9.17, 15) is 9.59 Å². The average Bonchev–Trinajstić information content (AvgIpc) is 2.38. The number of amides is 2. The largest absolute Gasteiger partial charge is 0.368 e. The van der Waals surface area contributed by atoms with Crippen LogP contribution in [-0.2, 0) is 14.3 Å². The van der Waals surface area contributed by atoms with Gasteiger partial charge in [-0.25, -0.2) is 0 Å². The molecule has 21 heavy (non-hydrogen) atoms. The van der Waals surface area contributed by atoms with Crippen LogP contribution in [0.5, 0.6) is 0 Å². The molecule has 0 aliphatic rings. The molecular formula is C16H24N2O3. The maximum absolute atomic E-state index is 12.0. The second-order valence-corrected chi connectivity index (χ2v) is 5.57. The first-order valence-electron chi connectivity index (χ1n) is 7.10. The van der Waals surface area contributed by atoms with Crippen LogP contribution in [0.15, 0.2) is 18.2 Å². The number of carbonyl (C=O) groups is 2. The molecule has 0 spiro atoms. The fraction of sp³-hybridized carbons (Fsp3) is 0.500. The minimum atomic E-state index is -0.497. The van der Waals surface area contributed by atoms with Crippen molar-refractivity contribution < 1.29 is 14.3 Å². The molecule has 0 radical (unpaired) electrons. The van der Waals surface area contributed by atoms with Crippen LogP contribution in [-0.4, -0.2) is 24.5 Å². The van der Waals surface area contributed by atoms with E-state index in [-0.39, 0.29) is 11.8 Å². The van der Waals surface area contributed by atoms with Crippen LogP contribution in [0.25, 0.3) is 0 Å². The molecular weight excluding hydrogens is 268 g/mol. The van der Waals surface area contributed by atoms with E-state index in [1.807, 2.05) is 26.8 Å². The van der Waals surface area contributed by atoms with Crippen LogP contribution in [0.4, 0.5) is 11.4 Å². The Labute approximate surface area is 126 Å². The number of ether oxygens (including phenoxy) is 1. The van der Waals surface area contributed by atoms with Gasteiger partial charge in [-0.3, -0.25) is 9.59 Å². The summed E-state index contributed by atoms with van der Waals surface area (Å²) >= 11 is 0. The highest BCUT2D eigenvalue weighted by Crippen LogP contribution is 2.20. The van der Waals surface area contributed by atoms with Crippen molar-refractivity contribution in [2.75, 3.05) is 17.2 Å². The number of rotatable bonds is 6. The van der Waals surface area contributed by atoms with Crippen LogP contribution in [0.3, 0.4) is 0 Å². The zero-order chi connectivity index (χ0) is 16.0. The second kappa shape index (κ2) is 7.78. The number of hydrogen-bond donors (Lipinski definition) is 2. The molecule has 0 unspecified atom stereocenters. The SMILES string of the molecule is CC(=O)Nc1ccc(NC(=O)[C@@H](C)OCC(C)C)cc1C. The topological polar surface area (TPSA) is 67.4 Å². The number of nitrogens with one attached hydrogen (secondary N) is 2. The molecule has 0 saturated heterocycles. The van der Waals surface area contributed by atoms with Gasteiger partial charge in [0.2, 0.25) is 5.91 Å². The van der Waals surface area contributed by atoms with Gasteiger partial charge in [-0.15, -0.1) is 0 Å². The third kappa shape index (κ3) is 5.95. The molecule has 2 N–H and O–H groups in total. The first-order chi connectivity index (χ1) is 9.79. The fourth-order valence-electron chi connectivity index (χ4n) is 1.73. The zero-order valence-electron chi connectivity index (χ0n) is 13.3. The predicted molar refractivity (Wildman–Crippen MR) is 84.4 cm³/mol.